The molecule has 1 aliphatic rings. The molecule has 124 valence electrons. The number of anilines is 1. The van der Waals surface area contributed by atoms with Gasteiger partial charge >= 0.3 is 0 Å². The van der Waals surface area contributed by atoms with E-state index in [0.29, 0.717) is 6.54 Å². The van der Waals surface area contributed by atoms with Crippen LogP contribution in [0.5, 0.6) is 0 Å². The molecule has 24 heavy (non-hydrogen) atoms. The van der Waals surface area contributed by atoms with Crippen molar-refractivity contribution in [2.45, 2.75) is 12.6 Å². The highest BCUT2D eigenvalue weighted by Gasteiger charge is 2.35. The molecule has 0 N–H and O–H groups in total. The molecule has 0 aromatic heterocycles. The summed E-state index contributed by atoms with van der Waals surface area (Å²) in [5.41, 5.74) is 1.79. The average Bonchev–Trinajstić information content (AvgIpc) is 2.64. The first-order valence-electron chi connectivity index (χ1n) is 7.90. The van der Waals surface area contributed by atoms with Gasteiger partial charge in [-0.3, -0.25) is 9.59 Å². The van der Waals surface area contributed by atoms with Gasteiger partial charge in [-0.15, -0.1) is 0 Å². The lowest BCUT2D eigenvalue weighted by atomic mass is 10.1. The number of rotatable bonds is 4. The largest absolute Gasteiger partial charge is 0.369 e. The van der Waals surface area contributed by atoms with Gasteiger partial charge in [0.2, 0.25) is 5.91 Å². The molecule has 5 nitrogen and oxygen atoms in total. The minimum absolute atomic E-state index is 0.0195. The predicted octanol–water partition coefficient (Wildman–Crippen LogP) is 2.08. The van der Waals surface area contributed by atoms with E-state index in [1.165, 1.54) is 0 Å². The van der Waals surface area contributed by atoms with Gasteiger partial charge in [-0.25, -0.2) is 0 Å². The lowest BCUT2D eigenvalue weighted by Gasteiger charge is -2.36. The monoisotopic (exact) mass is 324 g/mol. The zero-order valence-electron chi connectivity index (χ0n) is 13.6. The summed E-state index contributed by atoms with van der Waals surface area (Å²) in [5.74, 6) is -0.310. The summed E-state index contributed by atoms with van der Waals surface area (Å²) in [4.78, 5) is 28.4. The zero-order valence-corrected chi connectivity index (χ0v) is 13.6. The second-order valence-electron chi connectivity index (χ2n) is 5.77. The molecule has 1 heterocycles. The zero-order chi connectivity index (χ0) is 16.9. The highest BCUT2D eigenvalue weighted by molar-refractivity contribution is 5.99. The maximum Gasteiger partial charge on any atom is 0.251 e. The van der Waals surface area contributed by atoms with Gasteiger partial charge in [0.25, 0.3) is 5.91 Å². The molecule has 5 heteroatoms. The van der Waals surface area contributed by atoms with Crippen LogP contribution in [0.2, 0.25) is 0 Å². The molecule has 0 aliphatic carbocycles. The Morgan fingerprint density at radius 1 is 1.12 bits per heavy atom. The summed E-state index contributed by atoms with van der Waals surface area (Å²) in [6.07, 6.45) is 0. The Morgan fingerprint density at radius 3 is 2.42 bits per heavy atom. The number of hydrogen-bond donors (Lipinski definition) is 0. The Bertz CT molecular complexity index is 703. The fraction of sp³-hybridized carbons (Fsp3) is 0.263. The van der Waals surface area contributed by atoms with Gasteiger partial charge in [-0.2, -0.15) is 0 Å². The topological polar surface area (TPSA) is 49.9 Å². The summed E-state index contributed by atoms with van der Waals surface area (Å²) < 4.78 is 5.33. The van der Waals surface area contributed by atoms with Crippen LogP contribution in [0.4, 0.5) is 5.69 Å². The van der Waals surface area contributed by atoms with Crippen molar-refractivity contribution in [1.82, 2.24) is 4.90 Å². The summed E-state index contributed by atoms with van der Waals surface area (Å²) >= 11 is 0. The van der Waals surface area contributed by atoms with Crippen molar-refractivity contribution >= 4 is 17.5 Å². The second-order valence-corrected chi connectivity index (χ2v) is 5.77. The number of likely N-dealkylation sites (N-methyl/N-ethyl adjacent to an activating group) is 1. The summed E-state index contributed by atoms with van der Waals surface area (Å²) in [6.45, 7) is 0.641. The fourth-order valence-electron chi connectivity index (χ4n) is 2.79. The van der Waals surface area contributed by atoms with Crippen LogP contribution in [0, 0.1) is 0 Å². The first-order valence-corrected chi connectivity index (χ1v) is 7.90. The van der Waals surface area contributed by atoms with Crippen LogP contribution >= 0.6 is 0 Å². The molecule has 2 aromatic carbocycles. The van der Waals surface area contributed by atoms with E-state index < -0.39 is 6.04 Å². The Kier molecular flexibility index (Phi) is 4.91. The standard InChI is InChI=1S/C19H20N2O3/c1-20(16-10-6-3-7-11-16)19(23)17-13-24-14-18(22)21(17)12-15-8-4-2-5-9-15/h2-11,17H,12-14H2,1H3. The molecular formula is C19H20N2O3. The fourth-order valence-corrected chi connectivity index (χ4v) is 2.79. The number of hydrogen-bond acceptors (Lipinski definition) is 3. The van der Waals surface area contributed by atoms with E-state index >= 15 is 0 Å². The molecule has 1 atom stereocenters. The van der Waals surface area contributed by atoms with Crippen molar-refractivity contribution in [1.29, 1.82) is 0 Å². The number of carbonyl (C=O) groups is 2. The van der Waals surface area contributed by atoms with Gasteiger partial charge in [0.1, 0.15) is 12.6 Å². The Morgan fingerprint density at radius 2 is 1.75 bits per heavy atom. The van der Waals surface area contributed by atoms with Crippen molar-refractivity contribution in [2.24, 2.45) is 0 Å². The molecule has 0 bridgehead atoms. The van der Waals surface area contributed by atoms with E-state index in [2.05, 4.69) is 0 Å². The van der Waals surface area contributed by atoms with Crippen molar-refractivity contribution < 1.29 is 14.3 Å². The summed E-state index contributed by atoms with van der Waals surface area (Å²) in [5, 5.41) is 0. The minimum atomic E-state index is -0.614. The summed E-state index contributed by atoms with van der Waals surface area (Å²) in [7, 11) is 1.72. The number of ether oxygens (including phenoxy) is 1. The van der Waals surface area contributed by atoms with Crippen LogP contribution < -0.4 is 4.90 Å². The van der Waals surface area contributed by atoms with Crippen LogP contribution in [-0.2, 0) is 20.9 Å². The van der Waals surface area contributed by atoms with Crippen molar-refractivity contribution in [3.05, 3.63) is 66.2 Å². The van der Waals surface area contributed by atoms with E-state index in [9.17, 15) is 9.59 Å². The van der Waals surface area contributed by atoms with Gasteiger partial charge in [0.05, 0.1) is 6.61 Å². The first-order chi connectivity index (χ1) is 11.7. The molecule has 1 aliphatic heterocycles. The predicted molar refractivity (Wildman–Crippen MR) is 91.5 cm³/mol. The van der Waals surface area contributed by atoms with Crippen molar-refractivity contribution in [2.75, 3.05) is 25.2 Å². The van der Waals surface area contributed by atoms with E-state index in [1.54, 1.807) is 16.8 Å². The van der Waals surface area contributed by atoms with Gasteiger partial charge in [0, 0.05) is 19.3 Å². The Balaban J connectivity index is 1.80. The smallest absolute Gasteiger partial charge is 0.251 e. The van der Waals surface area contributed by atoms with Gasteiger partial charge in [0.15, 0.2) is 0 Å². The Labute approximate surface area is 141 Å². The molecule has 2 amide bonds. The molecule has 3 rings (SSSR count). The van der Waals surface area contributed by atoms with Gasteiger partial charge in [-0.1, -0.05) is 48.5 Å². The SMILES string of the molecule is CN(C(=O)C1COCC(=O)N1Cc1ccccc1)c1ccccc1. The van der Waals surface area contributed by atoms with Crippen molar-refractivity contribution in [3.63, 3.8) is 0 Å². The van der Waals surface area contributed by atoms with E-state index in [-0.39, 0.29) is 25.0 Å². The van der Waals surface area contributed by atoms with Crippen LogP contribution in [-0.4, -0.2) is 43.0 Å². The van der Waals surface area contributed by atoms with Crippen molar-refractivity contribution in [3.8, 4) is 0 Å². The highest BCUT2D eigenvalue weighted by Crippen LogP contribution is 2.19. The van der Waals surface area contributed by atoms with Crippen LogP contribution in [0.15, 0.2) is 60.7 Å². The number of carbonyl (C=O) groups excluding carboxylic acids is 2. The second kappa shape index (κ2) is 7.27. The third-order valence-corrected chi connectivity index (χ3v) is 4.15. The molecule has 0 radical (unpaired) electrons. The Hall–Kier alpha value is -2.66. The third kappa shape index (κ3) is 3.46. The van der Waals surface area contributed by atoms with Gasteiger partial charge < -0.3 is 14.5 Å². The van der Waals surface area contributed by atoms with Gasteiger partial charge in [-0.05, 0) is 17.7 Å². The third-order valence-electron chi connectivity index (χ3n) is 4.15. The van der Waals surface area contributed by atoms with E-state index in [4.69, 9.17) is 4.74 Å². The molecule has 0 spiro atoms. The number of para-hydroxylation sites is 1. The number of nitrogens with zero attached hydrogens (tertiary/aromatic N) is 2. The van der Waals surface area contributed by atoms with Crippen LogP contribution in [0.25, 0.3) is 0 Å². The number of amides is 2. The lowest BCUT2D eigenvalue weighted by Crippen LogP contribution is -2.56. The van der Waals surface area contributed by atoms with E-state index in [0.717, 1.165) is 11.3 Å². The first kappa shape index (κ1) is 16.2. The molecule has 2 aromatic rings. The normalized spacial score (nSPS) is 17.6. The van der Waals surface area contributed by atoms with E-state index in [1.807, 2.05) is 60.7 Å². The average molecular weight is 324 g/mol. The minimum Gasteiger partial charge on any atom is -0.369 e. The molecule has 1 saturated heterocycles. The molecule has 1 unspecified atom stereocenters. The lowest BCUT2D eigenvalue weighted by molar-refractivity contribution is -0.154. The quantitative estimate of drug-likeness (QED) is 0.865. The number of benzene rings is 2. The number of morpholine rings is 1. The van der Waals surface area contributed by atoms with Crippen LogP contribution in [0.1, 0.15) is 5.56 Å². The molecular weight excluding hydrogens is 304 g/mol. The van der Waals surface area contributed by atoms with Crippen LogP contribution in [0.3, 0.4) is 0 Å². The molecule has 0 saturated carbocycles. The maximum atomic E-state index is 12.9. The summed E-state index contributed by atoms with van der Waals surface area (Å²) in [6, 6.07) is 18.4. The maximum absolute atomic E-state index is 12.9. The highest BCUT2D eigenvalue weighted by atomic mass is 16.5. The molecule has 1 fully saturated rings.